The number of hydrogen-bond acceptors (Lipinski definition) is 6. The molecule has 0 spiro atoms. The second kappa shape index (κ2) is 6.59. The second-order valence-corrected chi connectivity index (χ2v) is 5.80. The lowest BCUT2D eigenvalue weighted by atomic mass is 10.4. The van der Waals surface area contributed by atoms with Gasteiger partial charge in [-0.2, -0.15) is 4.98 Å². The highest BCUT2D eigenvalue weighted by molar-refractivity contribution is 7.91. The first-order chi connectivity index (χ1) is 7.64. The summed E-state index contributed by atoms with van der Waals surface area (Å²) in [5.41, 5.74) is 0. The monoisotopic (exact) mass is 247 g/mol. The standard InChI is InChI=1S/C9H17N3O3S/c1-2-6-16(13,14)7-5-10-4-3-9-11-8-15-12-9/h8,10H,2-7H2,1H3. The number of nitrogens with zero attached hydrogens (tertiary/aromatic N) is 2. The summed E-state index contributed by atoms with van der Waals surface area (Å²) >= 11 is 0. The van der Waals surface area contributed by atoms with E-state index < -0.39 is 9.84 Å². The van der Waals surface area contributed by atoms with Gasteiger partial charge in [-0.15, -0.1) is 0 Å². The number of hydrogen-bond donors (Lipinski definition) is 1. The summed E-state index contributed by atoms with van der Waals surface area (Å²) in [5.74, 6) is 1.08. The number of nitrogens with one attached hydrogen (secondary N) is 1. The molecule has 1 N–H and O–H groups in total. The molecule has 1 heterocycles. The second-order valence-electron chi connectivity index (χ2n) is 3.50. The van der Waals surface area contributed by atoms with Crippen molar-refractivity contribution in [3.8, 4) is 0 Å². The topological polar surface area (TPSA) is 85.1 Å². The van der Waals surface area contributed by atoms with Crippen molar-refractivity contribution in [1.29, 1.82) is 0 Å². The number of aromatic nitrogens is 2. The third kappa shape index (κ3) is 5.22. The molecule has 0 amide bonds. The highest BCUT2D eigenvalue weighted by atomic mass is 32.2. The number of rotatable bonds is 8. The molecule has 0 fully saturated rings. The fourth-order valence-corrected chi connectivity index (χ4v) is 2.55. The van der Waals surface area contributed by atoms with Crippen molar-refractivity contribution in [2.75, 3.05) is 24.6 Å². The van der Waals surface area contributed by atoms with Crippen molar-refractivity contribution in [2.45, 2.75) is 19.8 Å². The minimum absolute atomic E-state index is 0.188. The van der Waals surface area contributed by atoms with Crippen LogP contribution >= 0.6 is 0 Å². The molecule has 0 aliphatic rings. The molecule has 1 aromatic rings. The first-order valence-electron chi connectivity index (χ1n) is 5.30. The molecule has 6 nitrogen and oxygen atoms in total. The van der Waals surface area contributed by atoms with E-state index in [1.807, 2.05) is 6.92 Å². The van der Waals surface area contributed by atoms with Gasteiger partial charge < -0.3 is 9.84 Å². The van der Waals surface area contributed by atoms with E-state index in [9.17, 15) is 8.42 Å². The van der Waals surface area contributed by atoms with Gasteiger partial charge in [-0.05, 0) is 6.42 Å². The third-order valence-electron chi connectivity index (χ3n) is 2.04. The van der Waals surface area contributed by atoms with Crippen LogP contribution in [-0.4, -0.2) is 43.2 Å². The molecule has 1 aromatic heterocycles. The van der Waals surface area contributed by atoms with Gasteiger partial charge in [0.25, 0.3) is 0 Å². The van der Waals surface area contributed by atoms with E-state index in [0.717, 1.165) is 0 Å². The van der Waals surface area contributed by atoms with Crippen molar-refractivity contribution in [1.82, 2.24) is 15.5 Å². The third-order valence-corrected chi connectivity index (χ3v) is 3.89. The average Bonchev–Trinajstić information content (AvgIpc) is 2.69. The van der Waals surface area contributed by atoms with Gasteiger partial charge in [0.1, 0.15) is 0 Å². The first kappa shape index (κ1) is 13.1. The van der Waals surface area contributed by atoms with Crippen LogP contribution in [0.5, 0.6) is 0 Å². The minimum Gasteiger partial charge on any atom is -0.343 e. The van der Waals surface area contributed by atoms with Gasteiger partial charge in [-0.25, -0.2) is 8.42 Å². The van der Waals surface area contributed by atoms with Gasteiger partial charge in [0, 0.05) is 25.3 Å². The molecule has 0 bridgehead atoms. The Morgan fingerprint density at radius 1 is 1.38 bits per heavy atom. The molecule has 0 saturated heterocycles. The molecule has 0 aliphatic carbocycles. The van der Waals surface area contributed by atoms with E-state index in [1.54, 1.807) is 0 Å². The predicted octanol–water partition coefficient (Wildman–Crippen LogP) is 0.0265. The smallest absolute Gasteiger partial charge is 0.213 e. The molecule has 0 unspecified atom stereocenters. The van der Waals surface area contributed by atoms with Crippen LogP contribution in [0.25, 0.3) is 0 Å². The van der Waals surface area contributed by atoms with Crippen LogP contribution in [0.3, 0.4) is 0 Å². The Bertz CT molecular complexity index is 375. The van der Waals surface area contributed by atoms with Crippen LogP contribution < -0.4 is 5.32 Å². The van der Waals surface area contributed by atoms with E-state index in [0.29, 0.717) is 31.8 Å². The summed E-state index contributed by atoms with van der Waals surface area (Å²) < 4.78 is 27.3. The summed E-state index contributed by atoms with van der Waals surface area (Å²) in [4.78, 5) is 3.86. The van der Waals surface area contributed by atoms with Crippen molar-refractivity contribution in [2.24, 2.45) is 0 Å². The van der Waals surface area contributed by atoms with Crippen molar-refractivity contribution < 1.29 is 12.9 Å². The lowest BCUT2D eigenvalue weighted by Gasteiger charge is -2.03. The molecule has 0 aliphatic heterocycles. The molecular formula is C9H17N3O3S. The highest BCUT2D eigenvalue weighted by Crippen LogP contribution is 1.92. The van der Waals surface area contributed by atoms with Gasteiger partial charge in [-0.3, -0.25) is 0 Å². The fourth-order valence-electron chi connectivity index (χ4n) is 1.27. The summed E-state index contributed by atoms with van der Waals surface area (Å²) in [7, 11) is -2.88. The van der Waals surface area contributed by atoms with E-state index in [1.165, 1.54) is 6.39 Å². The Morgan fingerprint density at radius 3 is 2.81 bits per heavy atom. The van der Waals surface area contributed by atoms with Gasteiger partial charge in [0.2, 0.25) is 6.39 Å². The fraction of sp³-hybridized carbons (Fsp3) is 0.778. The lowest BCUT2D eigenvalue weighted by molar-refractivity contribution is 0.409. The van der Waals surface area contributed by atoms with Crippen molar-refractivity contribution in [3.05, 3.63) is 12.2 Å². The van der Waals surface area contributed by atoms with Crippen LogP contribution in [-0.2, 0) is 16.3 Å². The molecular weight excluding hydrogens is 230 g/mol. The Labute approximate surface area is 95.3 Å². The van der Waals surface area contributed by atoms with Gasteiger partial charge >= 0.3 is 0 Å². The Morgan fingerprint density at radius 2 is 2.19 bits per heavy atom. The summed E-state index contributed by atoms with van der Waals surface area (Å²) in [6.45, 7) is 2.99. The Balaban J connectivity index is 2.08. The summed E-state index contributed by atoms with van der Waals surface area (Å²) in [5, 5.41) is 6.69. The zero-order valence-corrected chi connectivity index (χ0v) is 10.2. The van der Waals surface area contributed by atoms with E-state index in [2.05, 4.69) is 20.0 Å². The zero-order chi connectivity index (χ0) is 11.9. The predicted molar refractivity (Wildman–Crippen MR) is 59.8 cm³/mol. The molecule has 1 rings (SSSR count). The van der Waals surface area contributed by atoms with E-state index >= 15 is 0 Å². The lowest BCUT2D eigenvalue weighted by Crippen LogP contribution is -2.26. The van der Waals surface area contributed by atoms with Gasteiger partial charge in [0.05, 0.1) is 5.75 Å². The highest BCUT2D eigenvalue weighted by Gasteiger charge is 2.08. The first-order valence-corrected chi connectivity index (χ1v) is 7.12. The maximum atomic E-state index is 11.3. The summed E-state index contributed by atoms with van der Waals surface area (Å²) in [6, 6.07) is 0. The van der Waals surface area contributed by atoms with E-state index in [-0.39, 0.29) is 11.5 Å². The minimum atomic E-state index is -2.88. The van der Waals surface area contributed by atoms with E-state index in [4.69, 9.17) is 0 Å². The quantitative estimate of drug-likeness (QED) is 0.652. The van der Waals surface area contributed by atoms with Crippen LogP contribution in [0.2, 0.25) is 0 Å². The molecule has 0 radical (unpaired) electrons. The normalized spacial score (nSPS) is 11.8. The molecule has 0 saturated carbocycles. The van der Waals surface area contributed by atoms with Crippen LogP contribution in [0, 0.1) is 0 Å². The molecule has 0 aromatic carbocycles. The van der Waals surface area contributed by atoms with Crippen LogP contribution in [0.15, 0.2) is 10.9 Å². The van der Waals surface area contributed by atoms with Gasteiger partial charge in [0.15, 0.2) is 15.7 Å². The average molecular weight is 247 g/mol. The maximum Gasteiger partial charge on any atom is 0.213 e. The van der Waals surface area contributed by atoms with Crippen LogP contribution in [0.1, 0.15) is 19.2 Å². The number of sulfone groups is 1. The van der Waals surface area contributed by atoms with Gasteiger partial charge in [-0.1, -0.05) is 12.1 Å². The SMILES string of the molecule is CCCS(=O)(=O)CCNCCc1ncon1. The Kier molecular flexibility index (Phi) is 5.41. The molecule has 7 heteroatoms. The summed E-state index contributed by atoms with van der Waals surface area (Å²) in [6.07, 6.45) is 2.59. The largest absolute Gasteiger partial charge is 0.343 e. The Hall–Kier alpha value is -0.950. The maximum absolute atomic E-state index is 11.3. The van der Waals surface area contributed by atoms with Crippen molar-refractivity contribution in [3.63, 3.8) is 0 Å². The van der Waals surface area contributed by atoms with Crippen LogP contribution in [0.4, 0.5) is 0 Å². The molecule has 16 heavy (non-hydrogen) atoms. The zero-order valence-electron chi connectivity index (χ0n) is 9.35. The molecule has 0 atom stereocenters. The van der Waals surface area contributed by atoms with Crippen molar-refractivity contribution >= 4 is 9.84 Å². The molecule has 92 valence electrons.